The van der Waals surface area contributed by atoms with E-state index in [4.69, 9.17) is 4.74 Å². The van der Waals surface area contributed by atoms with Crippen LogP contribution >= 0.6 is 0 Å². The van der Waals surface area contributed by atoms with E-state index in [0.29, 0.717) is 5.92 Å². The largest absolute Gasteiger partial charge is 0.466 e. The minimum Gasteiger partial charge on any atom is -0.466 e. The Labute approximate surface area is 179 Å². The lowest BCUT2D eigenvalue weighted by Crippen LogP contribution is -2.30. The van der Waals surface area contributed by atoms with E-state index in [0.717, 1.165) is 11.1 Å². The Morgan fingerprint density at radius 2 is 1.67 bits per heavy atom. The molecule has 1 atom stereocenters. The average molecular weight is 430 g/mol. The minimum atomic E-state index is -3.78. The molecular weight excluding hydrogens is 398 g/mol. The van der Waals surface area contributed by atoms with Crippen molar-refractivity contribution in [2.24, 2.45) is 0 Å². The van der Waals surface area contributed by atoms with Crippen molar-refractivity contribution in [1.29, 1.82) is 0 Å². The van der Waals surface area contributed by atoms with Gasteiger partial charge in [-0.15, -0.1) is 0 Å². The van der Waals surface area contributed by atoms with Crippen LogP contribution in [0, 0.1) is 6.92 Å². The monoisotopic (exact) mass is 429 g/mol. The predicted molar refractivity (Wildman–Crippen MR) is 118 cm³/mol. The summed E-state index contributed by atoms with van der Waals surface area (Å²) in [6.07, 6.45) is 6.03. The number of rotatable bonds is 8. The molecule has 1 fully saturated rings. The highest BCUT2D eigenvalue weighted by Crippen LogP contribution is 2.33. The van der Waals surface area contributed by atoms with Crippen LogP contribution in [0.1, 0.15) is 74.1 Å². The molecule has 0 aliphatic heterocycles. The second-order valence-corrected chi connectivity index (χ2v) is 9.71. The van der Waals surface area contributed by atoms with Crippen LogP contribution in [0.5, 0.6) is 0 Å². The van der Waals surface area contributed by atoms with E-state index >= 15 is 0 Å². The summed E-state index contributed by atoms with van der Waals surface area (Å²) < 4.78 is 33.8. The molecule has 0 heterocycles. The first-order valence-electron chi connectivity index (χ1n) is 10.7. The average Bonchev–Trinajstić information content (AvgIpc) is 2.74. The summed E-state index contributed by atoms with van der Waals surface area (Å²) in [5.41, 5.74) is 3.00. The SMILES string of the molecule is CCOC(=O)C[C@H](NS(=O)(=O)c1ccc(C2CCCCC2)cc1)c1ccc(C)cc1. The van der Waals surface area contributed by atoms with Gasteiger partial charge in [0.1, 0.15) is 0 Å². The van der Waals surface area contributed by atoms with Gasteiger partial charge in [-0.25, -0.2) is 13.1 Å². The van der Waals surface area contributed by atoms with Crippen LogP contribution in [-0.2, 0) is 19.6 Å². The van der Waals surface area contributed by atoms with Crippen molar-refractivity contribution in [1.82, 2.24) is 4.72 Å². The normalized spacial score (nSPS) is 16.2. The summed E-state index contributed by atoms with van der Waals surface area (Å²) in [5.74, 6) is 0.0889. The molecule has 1 saturated carbocycles. The molecule has 0 unspecified atom stereocenters. The van der Waals surface area contributed by atoms with Crippen molar-refractivity contribution < 1.29 is 17.9 Å². The van der Waals surface area contributed by atoms with Crippen LogP contribution in [0.25, 0.3) is 0 Å². The number of esters is 1. The number of sulfonamides is 1. The molecule has 0 amide bonds. The van der Waals surface area contributed by atoms with Crippen LogP contribution in [0.4, 0.5) is 0 Å². The summed E-state index contributed by atoms with van der Waals surface area (Å²) >= 11 is 0. The van der Waals surface area contributed by atoms with E-state index in [-0.39, 0.29) is 17.9 Å². The lowest BCUT2D eigenvalue weighted by atomic mass is 9.84. The Morgan fingerprint density at radius 3 is 2.27 bits per heavy atom. The summed E-state index contributed by atoms with van der Waals surface area (Å²) in [6.45, 7) is 3.95. The van der Waals surface area contributed by atoms with Crippen molar-refractivity contribution in [3.8, 4) is 0 Å². The van der Waals surface area contributed by atoms with Crippen molar-refractivity contribution in [3.63, 3.8) is 0 Å². The third-order valence-electron chi connectivity index (χ3n) is 5.72. The van der Waals surface area contributed by atoms with Crippen molar-refractivity contribution in [2.75, 3.05) is 6.61 Å². The number of hydrogen-bond acceptors (Lipinski definition) is 4. The predicted octanol–water partition coefficient (Wildman–Crippen LogP) is 5.02. The van der Waals surface area contributed by atoms with Gasteiger partial charge in [-0.3, -0.25) is 4.79 Å². The highest BCUT2D eigenvalue weighted by Gasteiger charge is 2.25. The molecule has 162 valence electrons. The third-order valence-corrected chi connectivity index (χ3v) is 7.21. The zero-order valence-corrected chi connectivity index (χ0v) is 18.6. The fourth-order valence-corrected chi connectivity index (χ4v) is 5.25. The number of carbonyl (C=O) groups excluding carboxylic acids is 1. The maximum Gasteiger partial charge on any atom is 0.307 e. The third kappa shape index (κ3) is 5.92. The number of hydrogen-bond donors (Lipinski definition) is 1. The Kier molecular flexibility index (Phi) is 7.67. The van der Waals surface area contributed by atoms with Crippen LogP contribution < -0.4 is 4.72 Å². The maximum absolute atomic E-state index is 13.0. The molecule has 0 bridgehead atoms. The molecule has 3 rings (SSSR count). The smallest absolute Gasteiger partial charge is 0.307 e. The van der Waals surface area contributed by atoms with Crippen LogP contribution in [0.15, 0.2) is 53.4 Å². The lowest BCUT2D eigenvalue weighted by molar-refractivity contribution is -0.143. The van der Waals surface area contributed by atoms with Crippen LogP contribution in [-0.4, -0.2) is 21.0 Å². The topological polar surface area (TPSA) is 72.5 Å². The fourth-order valence-electron chi connectivity index (χ4n) is 4.02. The van der Waals surface area contributed by atoms with Gasteiger partial charge >= 0.3 is 5.97 Å². The van der Waals surface area contributed by atoms with Crippen LogP contribution in [0.3, 0.4) is 0 Å². The van der Waals surface area contributed by atoms with E-state index in [2.05, 4.69) is 4.72 Å². The number of benzene rings is 2. The molecule has 30 heavy (non-hydrogen) atoms. The minimum absolute atomic E-state index is 0.0592. The van der Waals surface area contributed by atoms with Gasteiger partial charge in [-0.05, 0) is 55.9 Å². The molecule has 1 aliphatic carbocycles. The van der Waals surface area contributed by atoms with E-state index < -0.39 is 22.0 Å². The molecule has 0 saturated heterocycles. The molecular formula is C24H31NO4S. The fraction of sp³-hybridized carbons (Fsp3) is 0.458. The van der Waals surface area contributed by atoms with Crippen molar-refractivity contribution in [3.05, 3.63) is 65.2 Å². The van der Waals surface area contributed by atoms with Crippen LogP contribution in [0.2, 0.25) is 0 Å². The van der Waals surface area contributed by atoms with Gasteiger partial charge < -0.3 is 4.74 Å². The first kappa shape index (κ1) is 22.5. The molecule has 0 spiro atoms. The number of nitrogens with one attached hydrogen (secondary N) is 1. The quantitative estimate of drug-likeness (QED) is 0.598. The standard InChI is InChI=1S/C24H31NO4S/c1-3-29-24(26)17-23(21-11-9-18(2)10-12-21)25-30(27,28)22-15-13-20(14-16-22)19-7-5-4-6-8-19/h9-16,19,23,25H,3-8,17H2,1-2H3/t23-/m0/s1. The van der Waals surface area contributed by atoms with Gasteiger partial charge in [0.05, 0.1) is 24.0 Å². The Hall–Kier alpha value is -2.18. The molecule has 2 aromatic carbocycles. The molecule has 6 heteroatoms. The molecule has 0 aromatic heterocycles. The Balaban J connectivity index is 1.79. The number of ether oxygens (including phenoxy) is 1. The summed E-state index contributed by atoms with van der Waals surface area (Å²) in [4.78, 5) is 12.3. The van der Waals surface area contributed by atoms with Gasteiger partial charge in [-0.2, -0.15) is 0 Å². The number of carbonyl (C=O) groups is 1. The molecule has 2 aromatic rings. The van der Waals surface area contributed by atoms with E-state index in [1.165, 1.54) is 37.7 Å². The summed E-state index contributed by atoms with van der Waals surface area (Å²) in [5, 5.41) is 0. The highest BCUT2D eigenvalue weighted by atomic mass is 32.2. The van der Waals surface area contributed by atoms with E-state index in [9.17, 15) is 13.2 Å². The molecule has 0 radical (unpaired) electrons. The van der Waals surface area contributed by atoms with Gasteiger partial charge in [0, 0.05) is 0 Å². The zero-order valence-electron chi connectivity index (χ0n) is 17.8. The molecule has 1 aliphatic rings. The summed E-state index contributed by atoms with van der Waals surface area (Å²) in [7, 11) is -3.78. The first-order chi connectivity index (χ1) is 14.4. The van der Waals surface area contributed by atoms with Gasteiger partial charge in [0.15, 0.2) is 0 Å². The molecule has 5 nitrogen and oxygen atoms in total. The number of aryl methyl sites for hydroxylation is 1. The van der Waals surface area contributed by atoms with Crippen molar-refractivity contribution >= 4 is 16.0 Å². The van der Waals surface area contributed by atoms with Gasteiger partial charge in [-0.1, -0.05) is 61.2 Å². The Bertz CT molecular complexity index is 930. The van der Waals surface area contributed by atoms with Gasteiger partial charge in [0.2, 0.25) is 10.0 Å². The van der Waals surface area contributed by atoms with E-state index in [1.54, 1.807) is 19.1 Å². The highest BCUT2D eigenvalue weighted by molar-refractivity contribution is 7.89. The lowest BCUT2D eigenvalue weighted by Gasteiger charge is -2.22. The Morgan fingerprint density at radius 1 is 1.03 bits per heavy atom. The van der Waals surface area contributed by atoms with Gasteiger partial charge in [0.25, 0.3) is 0 Å². The maximum atomic E-state index is 13.0. The summed E-state index contributed by atoms with van der Waals surface area (Å²) in [6, 6.07) is 14.0. The second-order valence-electron chi connectivity index (χ2n) is 8.00. The van der Waals surface area contributed by atoms with E-state index in [1.807, 2.05) is 43.3 Å². The molecule has 1 N–H and O–H groups in total. The second kappa shape index (κ2) is 10.2. The zero-order chi connectivity index (χ0) is 21.6. The van der Waals surface area contributed by atoms with Crippen molar-refractivity contribution in [2.45, 2.75) is 69.2 Å². The first-order valence-corrected chi connectivity index (χ1v) is 12.2.